The molecule has 64 valence electrons. The Morgan fingerprint density at radius 3 is 3.08 bits per heavy atom. The van der Waals surface area contributed by atoms with Crippen LogP contribution in [0.3, 0.4) is 0 Å². The number of rotatable bonds is 3. The van der Waals surface area contributed by atoms with E-state index in [0.29, 0.717) is 0 Å². The van der Waals surface area contributed by atoms with Crippen LogP contribution in [0.1, 0.15) is 16.5 Å². The number of azide groups is 1. The maximum atomic E-state index is 9.47. The van der Waals surface area contributed by atoms with Crippen molar-refractivity contribution in [2.45, 2.75) is 13.0 Å². The summed E-state index contributed by atoms with van der Waals surface area (Å²) in [6.45, 7) is 2.03. The van der Waals surface area contributed by atoms with Crippen molar-refractivity contribution in [2.75, 3.05) is 6.54 Å². The Morgan fingerprint density at radius 2 is 2.58 bits per heavy atom. The molecule has 0 saturated heterocycles. The molecule has 0 aromatic carbocycles. The monoisotopic (exact) mass is 183 g/mol. The van der Waals surface area contributed by atoms with Crippen molar-refractivity contribution in [1.82, 2.24) is 0 Å². The standard InChI is InChI=1S/C7H9N3OS/c1-5-2-3-12-7(5)6(11)4-9-10-8/h2-3,6,11H,4H2,1H3. The third kappa shape index (κ3) is 1.98. The molecule has 1 heterocycles. The second-order valence-electron chi connectivity index (χ2n) is 2.40. The Hall–Kier alpha value is -1.03. The average Bonchev–Trinajstić information content (AvgIpc) is 2.47. The summed E-state index contributed by atoms with van der Waals surface area (Å²) >= 11 is 1.47. The van der Waals surface area contributed by atoms with Gasteiger partial charge in [0.15, 0.2) is 0 Å². The van der Waals surface area contributed by atoms with Gasteiger partial charge in [-0.25, -0.2) is 0 Å². The van der Waals surface area contributed by atoms with Gasteiger partial charge in [-0.2, -0.15) is 0 Å². The van der Waals surface area contributed by atoms with Gasteiger partial charge in [0.2, 0.25) is 0 Å². The molecule has 1 aromatic heterocycles. The van der Waals surface area contributed by atoms with Gasteiger partial charge in [-0.05, 0) is 29.5 Å². The molecule has 0 aliphatic carbocycles. The van der Waals surface area contributed by atoms with Crippen molar-refractivity contribution in [1.29, 1.82) is 0 Å². The largest absolute Gasteiger partial charge is 0.387 e. The molecule has 4 nitrogen and oxygen atoms in total. The van der Waals surface area contributed by atoms with E-state index in [2.05, 4.69) is 10.0 Å². The minimum Gasteiger partial charge on any atom is -0.387 e. The van der Waals surface area contributed by atoms with Gasteiger partial charge in [-0.1, -0.05) is 5.11 Å². The summed E-state index contributed by atoms with van der Waals surface area (Å²) in [4.78, 5) is 3.46. The van der Waals surface area contributed by atoms with Gasteiger partial charge in [0.1, 0.15) is 0 Å². The molecule has 0 aliphatic heterocycles. The van der Waals surface area contributed by atoms with Crippen molar-refractivity contribution in [3.63, 3.8) is 0 Å². The van der Waals surface area contributed by atoms with E-state index in [-0.39, 0.29) is 6.54 Å². The van der Waals surface area contributed by atoms with Crippen LogP contribution in [0, 0.1) is 6.92 Å². The van der Waals surface area contributed by atoms with Crippen LogP contribution in [-0.4, -0.2) is 11.7 Å². The molecule has 12 heavy (non-hydrogen) atoms. The molecule has 1 N–H and O–H groups in total. The zero-order valence-corrected chi connectivity index (χ0v) is 7.45. The highest BCUT2D eigenvalue weighted by molar-refractivity contribution is 7.10. The molecular formula is C7H9N3OS. The summed E-state index contributed by atoms with van der Waals surface area (Å²) in [5, 5.41) is 14.7. The van der Waals surface area contributed by atoms with Gasteiger partial charge in [0.25, 0.3) is 0 Å². The summed E-state index contributed by atoms with van der Waals surface area (Å²) < 4.78 is 0. The van der Waals surface area contributed by atoms with Crippen LogP contribution in [0.2, 0.25) is 0 Å². The zero-order chi connectivity index (χ0) is 8.97. The first kappa shape index (κ1) is 9.06. The lowest BCUT2D eigenvalue weighted by atomic mass is 10.2. The number of nitrogens with zero attached hydrogens (tertiary/aromatic N) is 3. The molecule has 1 rings (SSSR count). The topological polar surface area (TPSA) is 69.0 Å². The van der Waals surface area contributed by atoms with Crippen LogP contribution < -0.4 is 0 Å². The Bertz CT molecular complexity index is 303. The Balaban J connectivity index is 2.70. The summed E-state index contributed by atoms with van der Waals surface area (Å²) in [5.41, 5.74) is 9.07. The van der Waals surface area contributed by atoms with E-state index < -0.39 is 6.10 Å². The van der Waals surface area contributed by atoms with E-state index in [9.17, 15) is 5.11 Å². The average molecular weight is 183 g/mol. The Labute approximate surface area is 74.1 Å². The first-order valence-corrected chi connectivity index (χ1v) is 4.36. The second kappa shape index (κ2) is 4.11. The van der Waals surface area contributed by atoms with Crippen LogP contribution >= 0.6 is 11.3 Å². The normalized spacial score (nSPS) is 12.2. The molecule has 0 bridgehead atoms. The highest BCUT2D eigenvalue weighted by atomic mass is 32.1. The van der Waals surface area contributed by atoms with Crippen LogP contribution in [-0.2, 0) is 0 Å². The highest BCUT2D eigenvalue weighted by Gasteiger charge is 2.09. The van der Waals surface area contributed by atoms with E-state index in [0.717, 1.165) is 10.4 Å². The van der Waals surface area contributed by atoms with Crippen molar-refractivity contribution in [3.8, 4) is 0 Å². The minimum atomic E-state index is -0.652. The summed E-state index contributed by atoms with van der Waals surface area (Å²) in [7, 11) is 0. The van der Waals surface area contributed by atoms with E-state index in [4.69, 9.17) is 5.53 Å². The van der Waals surface area contributed by atoms with E-state index in [1.807, 2.05) is 18.4 Å². The van der Waals surface area contributed by atoms with Crippen molar-refractivity contribution in [3.05, 3.63) is 32.3 Å². The Morgan fingerprint density at radius 1 is 1.83 bits per heavy atom. The molecule has 0 saturated carbocycles. The molecule has 0 aliphatic rings. The quantitative estimate of drug-likeness (QED) is 0.436. The molecule has 5 heteroatoms. The highest BCUT2D eigenvalue weighted by Crippen LogP contribution is 2.23. The van der Waals surface area contributed by atoms with Crippen molar-refractivity contribution < 1.29 is 5.11 Å². The smallest absolute Gasteiger partial charge is 0.0940 e. The molecule has 0 fully saturated rings. The number of aryl methyl sites for hydroxylation is 1. The fraction of sp³-hybridized carbons (Fsp3) is 0.429. The summed E-state index contributed by atoms with van der Waals surface area (Å²) in [6, 6.07) is 1.93. The third-order valence-corrected chi connectivity index (χ3v) is 2.64. The van der Waals surface area contributed by atoms with Gasteiger partial charge < -0.3 is 5.11 Å². The van der Waals surface area contributed by atoms with Gasteiger partial charge in [0.05, 0.1) is 12.6 Å². The first-order chi connectivity index (χ1) is 5.75. The van der Waals surface area contributed by atoms with Gasteiger partial charge in [-0.15, -0.1) is 11.3 Å². The lowest BCUT2D eigenvalue weighted by molar-refractivity contribution is 0.190. The maximum Gasteiger partial charge on any atom is 0.0940 e. The number of thiophene rings is 1. The third-order valence-electron chi connectivity index (χ3n) is 1.52. The van der Waals surface area contributed by atoms with Gasteiger partial charge in [-0.3, -0.25) is 0 Å². The number of aliphatic hydroxyl groups is 1. The van der Waals surface area contributed by atoms with Crippen LogP contribution in [0.4, 0.5) is 0 Å². The van der Waals surface area contributed by atoms with Crippen LogP contribution in [0.5, 0.6) is 0 Å². The fourth-order valence-corrected chi connectivity index (χ4v) is 1.83. The molecule has 1 atom stereocenters. The maximum absolute atomic E-state index is 9.47. The second-order valence-corrected chi connectivity index (χ2v) is 3.34. The van der Waals surface area contributed by atoms with E-state index in [1.165, 1.54) is 11.3 Å². The number of hydrogen-bond acceptors (Lipinski definition) is 3. The number of aliphatic hydroxyl groups excluding tert-OH is 1. The first-order valence-electron chi connectivity index (χ1n) is 3.48. The molecule has 0 spiro atoms. The summed E-state index contributed by atoms with van der Waals surface area (Å²) in [6.07, 6.45) is -0.652. The molecule has 0 amide bonds. The zero-order valence-electron chi connectivity index (χ0n) is 6.64. The Kier molecular flexibility index (Phi) is 3.10. The minimum absolute atomic E-state index is 0.109. The summed E-state index contributed by atoms with van der Waals surface area (Å²) in [5.74, 6) is 0. The number of hydrogen-bond donors (Lipinski definition) is 1. The SMILES string of the molecule is Cc1ccsc1C(O)CN=[N+]=[N-]. The van der Waals surface area contributed by atoms with Crippen molar-refractivity contribution >= 4 is 11.3 Å². The van der Waals surface area contributed by atoms with Crippen LogP contribution in [0.15, 0.2) is 16.6 Å². The predicted molar refractivity (Wildman–Crippen MR) is 48.0 cm³/mol. The molecule has 1 aromatic rings. The van der Waals surface area contributed by atoms with E-state index >= 15 is 0 Å². The van der Waals surface area contributed by atoms with Gasteiger partial charge >= 0.3 is 0 Å². The van der Waals surface area contributed by atoms with Crippen LogP contribution in [0.25, 0.3) is 10.4 Å². The fourth-order valence-electron chi connectivity index (χ4n) is 0.923. The molecule has 1 unspecified atom stereocenters. The van der Waals surface area contributed by atoms with E-state index in [1.54, 1.807) is 0 Å². The lowest BCUT2D eigenvalue weighted by Gasteiger charge is -2.04. The molecule has 0 radical (unpaired) electrons. The van der Waals surface area contributed by atoms with Crippen molar-refractivity contribution in [2.24, 2.45) is 5.11 Å². The lowest BCUT2D eigenvalue weighted by Crippen LogP contribution is -1.99. The molecular weight excluding hydrogens is 174 g/mol. The van der Waals surface area contributed by atoms with Gasteiger partial charge in [0, 0.05) is 9.79 Å². The predicted octanol–water partition coefficient (Wildman–Crippen LogP) is 2.40.